The van der Waals surface area contributed by atoms with Crippen molar-refractivity contribution >= 4 is 34.6 Å². The van der Waals surface area contributed by atoms with Gasteiger partial charge in [-0.1, -0.05) is 18.2 Å². The first-order valence-corrected chi connectivity index (χ1v) is 15.1. The molecule has 1 fully saturated rings. The van der Waals surface area contributed by atoms with Crippen LogP contribution in [0.5, 0.6) is 0 Å². The summed E-state index contributed by atoms with van der Waals surface area (Å²) in [4.78, 5) is 22.2. The van der Waals surface area contributed by atoms with Crippen molar-refractivity contribution in [3.8, 4) is 5.69 Å². The van der Waals surface area contributed by atoms with E-state index >= 15 is 0 Å². The summed E-state index contributed by atoms with van der Waals surface area (Å²) in [6.45, 7) is 13.1. The number of carbonyl (C=O) groups is 1. The molecular weight excluding hydrogens is 540 g/mol. The van der Waals surface area contributed by atoms with Gasteiger partial charge in [0.1, 0.15) is 0 Å². The number of pyridine rings is 1. The quantitative estimate of drug-likeness (QED) is 0.205. The number of nitrogens with one attached hydrogen (secondary N) is 2. The highest BCUT2D eigenvalue weighted by Gasteiger charge is 2.41. The number of amides is 1. The fourth-order valence-corrected chi connectivity index (χ4v) is 6.37. The van der Waals surface area contributed by atoms with Gasteiger partial charge in [-0.15, -0.1) is 0 Å². The number of benzene rings is 2. The molecule has 42 heavy (non-hydrogen) atoms. The van der Waals surface area contributed by atoms with E-state index in [1.807, 2.05) is 55.6 Å². The lowest BCUT2D eigenvalue weighted by molar-refractivity contribution is -0.116. The molecule has 4 aromatic rings. The molecule has 2 aromatic heterocycles. The molecule has 2 aromatic carbocycles. The molecule has 0 radical (unpaired) electrons. The normalized spacial score (nSPS) is 16.4. The first-order valence-electron chi connectivity index (χ1n) is 14.7. The molecule has 1 saturated heterocycles. The molecule has 2 N–H and O–H groups in total. The Labute approximate surface area is 254 Å². The van der Waals surface area contributed by atoms with Crippen LogP contribution in [0, 0.1) is 20.8 Å². The van der Waals surface area contributed by atoms with Gasteiger partial charge in [0.2, 0.25) is 5.91 Å². The first-order chi connectivity index (χ1) is 20.3. The lowest BCUT2D eigenvalue weighted by Crippen LogP contribution is -2.32. The molecule has 7 nitrogen and oxygen atoms in total. The van der Waals surface area contributed by atoms with Gasteiger partial charge in [0.15, 0.2) is 5.11 Å². The maximum Gasteiger partial charge on any atom is 0.226 e. The van der Waals surface area contributed by atoms with Crippen molar-refractivity contribution < 1.29 is 4.79 Å². The van der Waals surface area contributed by atoms with Crippen LogP contribution >= 0.6 is 12.2 Å². The molecule has 0 bridgehead atoms. The molecular formula is C34H40N6OS. The monoisotopic (exact) mass is 580 g/mol. The third-order valence-corrected chi connectivity index (χ3v) is 8.46. The van der Waals surface area contributed by atoms with E-state index in [9.17, 15) is 4.79 Å². The predicted octanol–water partition coefficient (Wildman–Crippen LogP) is 6.65. The topological polar surface area (TPSA) is 65.4 Å². The smallest absolute Gasteiger partial charge is 0.226 e. The summed E-state index contributed by atoms with van der Waals surface area (Å²) in [6.07, 6.45) is 2.13. The second-order valence-electron chi connectivity index (χ2n) is 10.8. The number of aryl methyl sites for hydroxylation is 2. The average molecular weight is 581 g/mol. The third kappa shape index (κ3) is 6.04. The van der Waals surface area contributed by atoms with Crippen LogP contribution in [0.4, 0.5) is 11.4 Å². The van der Waals surface area contributed by atoms with Crippen molar-refractivity contribution in [2.75, 3.05) is 29.9 Å². The van der Waals surface area contributed by atoms with E-state index in [1.54, 1.807) is 0 Å². The number of carbonyl (C=O) groups excluding carboxylic acids is 1. The Hall–Kier alpha value is -4.17. The molecule has 8 heteroatoms. The number of thiocarbonyl (C=S) groups is 1. The van der Waals surface area contributed by atoms with Gasteiger partial charge in [-0.25, -0.2) is 0 Å². The van der Waals surface area contributed by atoms with Gasteiger partial charge >= 0.3 is 0 Å². The van der Waals surface area contributed by atoms with Gasteiger partial charge in [0.05, 0.1) is 17.8 Å². The van der Waals surface area contributed by atoms with Crippen molar-refractivity contribution in [3.63, 3.8) is 0 Å². The minimum Gasteiger partial charge on any atom is -0.372 e. The Kier molecular flexibility index (Phi) is 8.92. The maximum atomic E-state index is 13.0. The van der Waals surface area contributed by atoms with E-state index in [1.165, 1.54) is 11.3 Å². The minimum atomic E-state index is -0.141. The van der Waals surface area contributed by atoms with E-state index in [0.717, 1.165) is 47.1 Å². The van der Waals surface area contributed by atoms with E-state index in [2.05, 4.69) is 88.0 Å². The molecule has 1 amide bonds. The number of hydrogen-bond acceptors (Lipinski definition) is 4. The van der Waals surface area contributed by atoms with E-state index < -0.39 is 0 Å². The van der Waals surface area contributed by atoms with Gasteiger partial charge in [-0.3, -0.25) is 9.78 Å². The van der Waals surface area contributed by atoms with Gasteiger partial charge in [-0.05, 0) is 113 Å². The number of anilines is 2. The second-order valence-corrected chi connectivity index (χ2v) is 11.2. The highest BCUT2D eigenvalue weighted by atomic mass is 32.1. The highest BCUT2D eigenvalue weighted by Crippen LogP contribution is 2.41. The van der Waals surface area contributed by atoms with Crippen molar-refractivity contribution in [1.82, 2.24) is 19.8 Å². The van der Waals surface area contributed by atoms with E-state index in [4.69, 9.17) is 12.2 Å². The van der Waals surface area contributed by atoms with Gasteiger partial charge in [0, 0.05) is 60.7 Å². The summed E-state index contributed by atoms with van der Waals surface area (Å²) in [6, 6.07) is 24.6. The predicted molar refractivity (Wildman–Crippen MR) is 175 cm³/mol. The van der Waals surface area contributed by atoms with Crippen LogP contribution in [0.1, 0.15) is 60.6 Å². The molecule has 2 atom stereocenters. The standard InChI is InChI=1S/C34H40N6OS/c1-6-38(7-2)27-14-16-28(17-15-27)40-24(4)22-29(25(40)5)33-32(30-13-8-9-19-35-30)37-34(42)39(33)20-18-31(41)36-26-12-10-11-23(3)21-26/h8-17,19,21-22,32-33H,6-7,18,20H2,1-5H3,(H,36,41)(H,37,42)/t32-,33-/m1/s1. The van der Waals surface area contributed by atoms with Crippen LogP contribution in [-0.2, 0) is 4.79 Å². The molecule has 0 spiro atoms. The zero-order valence-electron chi connectivity index (χ0n) is 25.1. The van der Waals surface area contributed by atoms with Gasteiger partial charge in [-0.2, -0.15) is 0 Å². The molecule has 1 aliphatic heterocycles. The molecule has 5 rings (SSSR count). The Balaban J connectivity index is 1.45. The summed E-state index contributed by atoms with van der Waals surface area (Å²) in [7, 11) is 0. The van der Waals surface area contributed by atoms with Crippen LogP contribution in [0.15, 0.2) is 79.0 Å². The van der Waals surface area contributed by atoms with Crippen molar-refractivity contribution in [1.29, 1.82) is 0 Å². The summed E-state index contributed by atoms with van der Waals surface area (Å²) in [5.41, 5.74) is 8.64. The third-order valence-electron chi connectivity index (χ3n) is 8.10. The van der Waals surface area contributed by atoms with Crippen molar-refractivity contribution in [2.45, 2.75) is 53.1 Å². The van der Waals surface area contributed by atoms with Crippen LogP contribution in [0.3, 0.4) is 0 Å². The zero-order valence-corrected chi connectivity index (χ0v) is 25.9. The Bertz CT molecular complexity index is 1540. The largest absolute Gasteiger partial charge is 0.372 e. The zero-order chi connectivity index (χ0) is 29.8. The Morgan fingerprint density at radius 1 is 1.00 bits per heavy atom. The molecule has 1 aliphatic rings. The highest BCUT2D eigenvalue weighted by molar-refractivity contribution is 7.80. The fraction of sp³-hybridized carbons (Fsp3) is 0.324. The van der Waals surface area contributed by atoms with Crippen LogP contribution < -0.4 is 15.5 Å². The SMILES string of the molecule is CCN(CC)c1ccc(-n2c(C)cc([C@@H]3[C@@H](c4ccccn4)NC(=S)N3CCC(=O)Nc3cccc(C)c3)c2C)cc1. The number of rotatable bonds is 10. The summed E-state index contributed by atoms with van der Waals surface area (Å²) in [5.74, 6) is -0.0396. The molecule has 0 unspecified atom stereocenters. The number of hydrogen-bond donors (Lipinski definition) is 2. The summed E-state index contributed by atoms with van der Waals surface area (Å²) in [5, 5.41) is 7.20. The van der Waals surface area contributed by atoms with Gasteiger partial charge in [0.25, 0.3) is 0 Å². The summed E-state index contributed by atoms with van der Waals surface area (Å²) < 4.78 is 2.31. The molecule has 218 valence electrons. The lowest BCUT2D eigenvalue weighted by Gasteiger charge is -2.28. The average Bonchev–Trinajstić information content (AvgIpc) is 3.47. The van der Waals surface area contributed by atoms with Crippen molar-refractivity contribution in [2.24, 2.45) is 0 Å². The van der Waals surface area contributed by atoms with E-state index in [0.29, 0.717) is 18.1 Å². The maximum absolute atomic E-state index is 13.0. The minimum absolute atomic E-state index is 0.0396. The van der Waals surface area contributed by atoms with Crippen LogP contribution in [0.25, 0.3) is 5.69 Å². The number of aromatic nitrogens is 2. The van der Waals surface area contributed by atoms with Gasteiger partial charge < -0.3 is 25.0 Å². The molecule has 0 saturated carbocycles. The summed E-state index contributed by atoms with van der Waals surface area (Å²) >= 11 is 5.88. The molecule has 3 heterocycles. The van der Waals surface area contributed by atoms with Crippen molar-refractivity contribution in [3.05, 3.63) is 107 Å². The Morgan fingerprint density at radius 3 is 2.43 bits per heavy atom. The van der Waals surface area contributed by atoms with E-state index in [-0.39, 0.29) is 18.0 Å². The Morgan fingerprint density at radius 2 is 1.76 bits per heavy atom. The first kappa shape index (κ1) is 29.3. The second kappa shape index (κ2) is 12.8. The van der Waals surface area contributed by atoms with Crippen LogP contribution in [-0.4, -0.2) is 45.1 Å². The lowest BCUT2D eigenvalue weighted by atomic mass is 9.96. The fourth-order valence-electron chi connectivity index (χ4n) is 6.04. The van der Waals surface area contributed by atoms with Crippen LogP contribution in [0.2, 0.25) is 0 Å². The molecule has 0 aliphatic carbocycles. The number of nitrogens with zero attached hydrogens (tertiary/aromatic N) is 4.